The third-order valence-electron chi connectivity index (χ3n) is 4.96. The van der Waals surface area contributed by atoms with Crippen LogP contribution in [0.4, 0.5) is 0 Å². The van der Waals surface area contributed by atoms with Crippen molar-refractivity contribution in [1.82, 2.24) is 19.7 Å². The molecule has 0 bridgehead atoms. The van der Waals surface area contributed by atoms with E-state index in [0.717, 1.165) is 4.88 Å². The van der Waals surface area contributed by atoms with Crippen LogP contribution < -0.4 is 0 Å². The van der Waals surface area contributed by atoms with Gasteiger partial charge in [0.2, 0.25) is 5.89 Å². The topological polar surface area (TPSA) is 97.6 Å². The molecule has 1 atom stereocenters. The van der Waals surface area contributed by atoms with Crippen molar-refractivity contribution in [3.05, 3.63) is 65.0 Å². The number of nitrogens with zero attached hydrogens (tertiary/aromatic N) is 5. The molecule has 1 aromatic carbocycles. The molecular weight excluding hydrogens is 398 g/mol. The zero-order valence-electron chi connectivity index (χ0n) is 16.2. The Balaban J connectivity index is 1.70. The molecule has 146 valence electrons. The number of benzene rings is 1. The number of aromatic nitrogens is 4. The fraction of sp³-hybridized carbons (Fsp3) is 0.136. The Morgan fingerprint density at radius 2 is 2.07 bits per heavy atom. The van der Waals surface area contributed by atoms with Crippen LogP contribution in [-0.2, 0) is 7.05 Å². The van der Waals surface area contributed by atoms with Crippen molar-refractivity contribution in [3.63, 3.8) is 0 Å². The van der Waals surface area contributed by atoms with E-state index in [4.69, 9.17) is 9.40 Å². The highest BCUT2D eigenvalue weighted by molar-refractivity contribution is 7.13. The first-order valence-electron chi connectivity index (χ1n) is 9.24. The van der Waals surface area contributed by atoms with E-state index in [-0.39, 0.29) is 11.7 Å². The van der Waals surface area contributed by atoms with Gasteiger partial charge >= 0.3 is 0 Å². The molecule has 7 nitrogen and oxygen atoms in total. The number of rotatable bonds is 4. The summed E-state index contributed by atoms with van der Waals surface area (Å²) in [7, 11) is 1.79. The van der Waals surface area contributed by atoms with Crippen LogP contribution in [0.3, 0.4) is 0 Å². The number of aryl methyl sites for hydroxylation is 2. The summed E-state index contributed by atoms with van der Waals surface area (Å²) in [4.78, 5) is 23.6. The van der Waals surface area contributed by atoms with Gasteiger partial charge in [-0.05, 0) is 36.6 Å². The number of oxazole rings is 1. The highest BCUT2D eigenvalue weighted by atomic mass is 32.1. The van der Waals surface area contributed by atoms with Gasteiger partial charge < -0.3 is 4.42 Å². The zero-order chi connectivity index (χ0) is 20.8. The van der Waals surface area contributed by atoms with Crippen molar-refractivity contribution in [2.75, 3.05) is 0 Å². The number of pyridine rings is 1. The Morgan fingerprint density at radius 3 is 2.80 bits per heavy atom. The van der Waals surface area contributed by atoms with Gasteiger partial charge in [0, 0.05) is 12.6 Å². The minimum Gasteiger partial charge on any atom is -0.439 e. The van der Waals surface area contributed by atoms with Crippen LogP contribution in [0.2, 0.25) is 0 Å². The lowest BCUT2D eigenvalue weighted by atomic mass is 9.95. The van der Waals surface area contributed by atoms with Crippen LogP contribution in [0.15, 0.2) is 52.3 Å². The maximum absolute atomic E-state index is 13.6. The second-order valence-corrected chi connectivity index (χ2v) is 7.83. The quantitative estimate of drug-likeness (QED) is 0.398. The molecule has 8 heteroatoms. The Hall–Kier alpha value is -3.83. The van der Waals surface area contributed by atoms with Crippen LogP contribution in [-0.4, -0.2) is 25.5 Å². The van der Waals surface area contributed by atoms with E-state index in [1.54, 1.807) is 29.9 Å². The monoisotopic (exact) mass is 413 g/mol. The molecule has 0 fully saturated rings. The summed E-state index contributed by atoms with van der Waals surface area (Å²) in [6.45, 7) is 1.83. The molecule has 0 saturated heterocycles. The van der Waals surface area contributed by atoms with E-state index in [1.165, 1.54) is 11.3 Å². The van der Waals surface area contributed by atoms with E-state index in [2.05, 4.69) is 16.2 Å². The minimum atomic E-state index is -1.17. The van der Waals surface area contributed by atoms with Crippen LogP contribution in [0.5, 0.6) is 0 Å². The van der Waals surface area contributed by atoms with Gasteiger partial charge in [-0.1, -0.05) is 18.2 Å². The molecule has 0 N–H and O–H groups in total. The average molecular weight is 413 g/mol. The van der Waals surface area contributed by atoms with Crippen molar-refractivity contribution in [2.45, 2.75) is 12.8 Å². The number of hydrogen-bond donors (Lipinski definition) is 0. The number of thiophene rings is 1. The summed E-state index contributed by atoms with van der Waals surface area (Å²) in [6.07, 6.45) is 0. The molecule has 1 unspecified atom stereocenters. The third kappa shape index (κ3) is 2.79. The summed E-state index contributed by atoms with van der Waals surface area (Å²) in [5, 5.41) is 16.9. The predicted molar refractivity (Wildman–Crippen MR) is 113 cm³/mol. The fourth-order valence-electron chi connectivity index (χ4n) is 3.58. The maximum Gasteiger partial charge on any atom is 0.220 e. The number of ketones is 1. The Kier molecular flexibility index (Phi) is 4.19. The largest absolute Gasteiger partial charge is 0.439 e. The van der Waals surface area contributed by atoms with Gasteiger partial charge in [-0.3, -0.25) is 9.48 Å². The third-order valence-corrected chi connectivity index (χ3v) is 5.85. The molecule has 5 rings (SSSR count). The SMILES string of the molecule is Cc1nn(C)c2nc(-c3cccs3)cc(C(=O)C(C#N)c3nc4ccccc4o3)c12. The molecule has 0 spiro atoms. The van der Waals surface area contributed by atoms with Crippen molar-refractivity contribution < 1.29 is 9.21 Å². The van der Waals surface area contributed by atoms with Gasteiger partial charge in [0.05, 0.1) is 27.7 Å². The van der Waals surface area contributed by atoms with Crippen molar-refractivity contribution in [3.8, 4) is 16.6 Å². The number of carbonyl (C=O) groups is 1. The Morgan fingerprint density at radius 1 is 1.23 bits per heavy atom. The summed E-state index contributed by atoms with van der Waals surface area (Å²) >= 11 is 1.53. The maximum atomic E-state index is 13.6. The fourth-order valence-corrected chi connectivity index (χ4v) is 4.27. The van der Waals surface area contributed by atoms with Crippen LogP contribution in [0.1, 0.15) is 27.9 Å². The minimum absolute atomic E-state index is 0.0906. The predicted octanol–water partition coefficient (Wildman–Crippen LogP) is 4.64. The van der Waals surface area contributed by atoms with Crippen LogP contribution in [0.25, 0.3) is 32.7 Å². The summed E-state index contributed by atoms with van der Waals surface area (Å²) in [6, 6.07) is 14.9. The summed E-state index contributed by atoms with van der Waals surface area (Å²) in [5.74, 6) is -1.46. The highest BCUT2D eigenvalue weighted by Gasteiger charge is 2.30. The molecule has 0 radical (unpaired) electrons. The van der Waals surface area contributed by atoms with Gasteiger partial charge in [0.1, 0.15) is 5.52 Å². The lowest BCUT2D eigenvalue weighted by Crippen LogP contribution is -2.13. The molecule has 5 aromatic rings. The molecule has 30 heavy (non-hydrogen) atoms. The smallest absolute Gasteiger partial charge is 0.220 e. The summed E-state index contributed by atoms with van der Waals surface area (Å²) < 4.78 is 7.38. The first kappa shape index (κ1) is 18.2. The lowest BCUT2D eigenvalue weighted by Gasteiger charge is -2.09. The lowest BCUT2D eigenvalue weighted by molar-refractivity contribution is 0.0972. The zero-order valence-corrected chi connectivity index (χ0v) is 17.0. The Bertz CT molecular complexity index is 1420. The highest BCUT2D eigenvalue weighted by Crippen LogP contribution is 2.32. The molecule has 0 amide bonds. The van der Waals surface area contributed by atoms with Crippen LogP contribution >= 0.6 is 11.3 Å². The Labute approximate surface area is 175 Å². The molecular formula is C22H15N5O2S. The average Bonchev–Trinajstić information content (AvgIpc) is 3.47. The number of Topliss-reactive ketones (excluding diaryl/α,β-unsaturated/α-hetero) is 1. The van der Waals surface area contributed by atoms with Crippen LogP contribution in [0, 0.1) is 18.3 Å². The molecule has 0 saturated carbocycles. The summed E-state index contributed by atoms with van der Waals surface area (Å²) in [5.41, 5.74) is 3.47. The van der Waals surface area contributed by atoms with Gasteiger partial charge in [-0.15, -0.1) is 11.3 Å². The van der Waals surface area contributed by atoms with Gasteiger partial charge in [-0.25, -0.2) is 9.97 Å². The number of nitriles is 1. The second-order valence-electron chi connectivity index (χ2n) is 6.89. The van der Waals surface area contributed by atoms with E-state index in [1.807, 2.05) is 36.6 Å². The number of fused-ring (bicyclic) bond motifs is 2. The van der Waals surface area contributed by atoms with Crippen molar-refractivity contribution in [1.29, 1.82) is 5.26 Å². The molecule has 0 aliphatic rings. The first-order valence-corrected chi connectivity index (χ1v) is 10.1. The normalized spacial score (nSPS) is 12.3. The van der Waals surface area contributed by atoms with Crippen molar-refractivity contribution >= 4 is 39.3 Å². The van der Waals surface area contributed by atoms with Gasteiger partial charge in [0.25, 0.3) is 0 Å². The molecule has 0 aliphatic carbocycles. The number of carbonyl (C=O) groups excluding carboxylic acids is 1. The standard InChI is InChI=1S/C22H15N5O2S/c1-12-19-13(10-16(18-8-5-9-30-18)24-21(19)27(2)26-12)20(28)14(11-23)22-25-15-6-3-4-7-17(15)29-22/h3-10,14H,1-2H3. The van der Waals surface area contributed by atoms with E-state index >= 15 is 0 Å². The molecule has 4 heterocycles. The number of para-hydroxylation sites is 2. The van der Waals surface area contributed by atoms with Crippen molar-refractivity contribution in [2.24, 2.45) is 7.05 Å². The van der Waals surface area contributed by atoms with E-state index in [9.17, 15) is 10.1 Å². The van der Waals surface area contributed by atoms with E-state index in [0.29, 0.717) is 39.1 Å². The van der Waals surface area contributed by atoms with Gasteiger partial charge in [0.15, 0.2) is 22.9 Å². The molecule has 4 aromatic heterocycles. The first-order chi connectivity index (χ1) is 14.6. The molecule has 0 aliphatic heterocycles. The van der Waals surface area contributed by atoms with E-state index < -0.39 is 5.92 Å². The van der Waals surface area contributed by atoms with Gasteiger partial charge in [-0.2, -0.15) is 10.4 Å². The number of hydrogen-bond acceptors (Lipinski definition) is 7. The second kappa shape index (κ2) is 6.90.